The van der Waals surface area contributed by atoms with Crippen LogP contribution in [0, 0.1) is 18.8 Å². The zero-order valence-electron chi connectivity index (χ0n) is 16.4. The van der Waals surface area contributed by atoms with Crippen LogP contribution in [0.1, 0.15) is 43.2 Å². The molecule has 0 saturated heterocycles. The van der Waals surface area contributed by atoms with Crippen LogP contribution in [0.25, 0.3) is 0 Å². The molecular weight excluding hydrogens is 326 g/mol. The molecule has 0 aliphatic heterocycles. The number of rotatable bonds is 8. The summed E-state index contributed by atoms with van der Waals surface area (Å²) in [5.74, 6) is 0.382. The fraction of sp³-hybridized carbons (Fsp3) is 0.619. The Balaban J connectivity index is 1.68. The summed E-state index contributed by atoms with van der Waals surface area (Å²) in [7, 11) is 4.07. The summed E-state index contributed by atoms with van der Waals surface area (Å²) in [5.41, 5.74) is 2.36. The van der Waals surface area contributed by atoms with E-state index in [0.29, 0.717) is 6.54 Å². The van der Waals surface area contributed by atoms with Crippen LogP contribution >= 0.6 is 0 Å². The summed E-state index contributed by atoms with van der Waals surface area (Å²) in [4.78, 5) is 26.8. The van der Waals surface area contributed by atoms with Crippen LogP contribution < -0.4 is 10.6 Å². The second-order valence-electron chi connectivity index (χ2n) is 7.64. The van der Waals surface area contributed by atoms with Crippen molar-refractivity contribution >= 4 is 11.8 Å². The van der Waals surface area contributed by atoms with E-state index in [1.807, 2.05) is 32.3 Å². The third-order valence-electron chi connectivity index (χ3n) is 5.26. The predicted octanol–water partition coefficient (Wildman–Crippen LogP) is 2.49. The topological polar surface area (TPSA) is 61.4 Å². The summed E-state index contributed by atoms with van der Waals surface area (Å²) >= 11 is 0. The lowest BCUT2D eigenvalue weighted by molar-refractivity contribution is -0.130. The van der Waals surface area contributed by atoms with Gasteiger partial charge in [0.2, 0.25) is 11.8 Å². The molecule has 144 valence electrons. The number of benzene rings is 1. The van der Waals surface area contributed by atoms with Crippen molar-refractivity contribution in [3.05, 3.63) is 35.4 Å². The van der Waals surface area contributed by atoms with E-state index >= 15 is 0 Å². The third kappa shape index (κ3) is 6.45. The maximum Gasteiger partial charge on any atom is 0.223 e. The average molecular weight is 360 g/mol. The van der Waals surface area contributed by atoms with Crippen LogP contribution in [0.4, 0.5) is 0 Å². The van der Waals surface area contributed by atoms with Crippen LogP contribution in [0.3, 0.4) is 0 Å². The van der Waals surface area contributed by atoms with E-state index in [0.717, 1.165) is 50.8 Å². The van der Waals surface area contributed by atoms with Gasteiger partial charge in [0.1, 0.15) is 0 Å². The normalized spacial score (nSPS) is 20.0. The van der Waals surface area contributed by atoms with Gasteiger partial charge in [-0.15, -0.1) is 0 Å². The lowest BCUT2D eigenvalue weighted by atomic mass is 9.81. The molecular formula is C21H33N3O2. The second kappa shape index (κ2) is 10.3. The highest BCUT2D eigenvalue weighted by Gasteiger charge is 2.29. The van der Waals surface area contributed by atoms with Crippen LogP contribution in [0.15, 0.2) is 24.3 Å². The van der Waals surface area contributed by atoms with Gasteiger partial charge in [-0.2, -0.15) is 0 Å². The van der Waals surface area contributed by atoms with Gasteiger partial charge in [-0.1, -0.05) is 24.3 Å². The highest BCUT2D eigenvalue weighted by molar-refractivity contribution is 5.81. The van der Waals surface area contributed by atoms with Crippen molar-refractivity contribution in [3.63, 3.8) is 0 Å². The molecule has 0 atom stereocenters. The number of carbonyl (C=O) groups excluding carboxylic acids is 2. The highest BCUT2D eigenvalue weighted by atomic mass is 16.2. The molecule has 0 unspecified atom stereocenters. The first-order valence-electron chi connectivity index (χ1n) is 9.72. The van der Waals surface area contributed by atoms with Crippen molar-refractivity contribution < 1.29 is 9.59 Å². The van der Waals surface area contributed by atoms with Gasteiger partial charge in [-0.25, -0.2) is 0 Å². The first-order chi connectivity index (χ1) is 12.5. The molecule has 1 aliphatic carbocycles. The highest BCUT2D eigenvalue weighted by Crippen LogP contribution is 2.29. The molecule has 2 rings (SSSR count). The van der Waals surface area contributed by atoms with Gasteiger partial charge in [-0.05, 0) is 70.8 Å². The molecule has 1 aromatic carbocycles. The zero-order chi connectivity index (χ0) is 18.9. The smallest absolute Gasteiger partial charge is 0.223 e. The maximum atomic E-state index is 12.4. The zero-order valence-corrected chi connectivity index (χ0v) is 16.4. The van der Waals surface area contributed by atoms with Crippen LogP contribution in [-0.2, 0) is 16.1 Å². The van der Waals surface area contributed by atoms with Crippen molar-refractivity contribution in [3.8, 4) is 0 Å². The molecule has 0 aromatic heterocycles. The minimum absolute atomic E-state index is 0.0387. The van der Waals surface area contributed by atoms with Gasteiger partial charge in [0, 0.05) is 24.9 Å². The van der Waals surface area contributed by atoms with Gasteiger partial charge < -0.3 is 15.5 Å². The Morgan fingerprint density at radius 2 is 1.58 bits per heavy atom. The number of aryl methyl sites for hydroxylation is 1. The van der Waals surface area contributed by atoms with Gasteiger partial charge in [0.05, 0.1) is 0 Å². The van der Waals surface area contributed by atoms with Crippen molar-refractivity contribution in [1.82, 2.24) is 15.5 Å². The minimum atomic E-state index is 0.0387. The Kier molecular flexibility index (Phi) is 8.10. The Bertz CT molecular complexity index is 593. The summed E-state index contributed by atoms with van der Waals surface area (Å²) < 4.78 is 0. The summed E-state index contributed by atoms with van der Waals surface area (Å²) in [6.07, 6.45) is 4.18. The van der Waals surface area contributed by atoms with Crippen LogP contribution in [-0.4, -0.2) is 43.9 Å². The third-order valence-corrected chi connectivity index (χ3v) is 5.26. The van der Waals surface area contributed by atoms with E-state index in [1.54, 1.807) is 0 Å². The Morgan fingerprint density at radius 3 is 2.15 bits per heavy atom. The first-order valence-corrected chi connectivity index (χ1v) is 9.72. The fourth-order valence-electron chi connectivity index (χ4n) is 3.50. The molecule has 5 nitrogen and oxygen atoms in total. The number of carbonyl (C=O) groups is 2. The number of nitrogens with one attached hydrogen (secondary N) is 2. The molecule has 1 aliphatic rings. The standard InChI is InChI=1S/C21H33N3O2/c1-16-7-4-5-8-19(16)15-23-21(26)18-11-9-17(10-12-18)20(25)22-13-6-14-24(2)3/h4-5,7-8,17-18H,6,9-15H2,1-3H3,(H,22,25)(H,23,26). The van der Waals surface area contributed by atoms with Crippen molar-refractivity contribution in [1.29, 1.82) is 0 Å². The number of amides is 2. The lowest BCUT2D eigenvalue weighted by Crippen LogP contribution is -2.38. The molecule has 1 fully saturated rings. The summed E-state index contributed by atoms with van der Waals surface area (Å²) in [6, 6.07) is 8.11. The first kappa shape index (κ1) is 20.4. The van der Waals surface area contributed by atoms with Gasteiger partial charge in [0.25, 0.3) is 0 Å². The summed E-state index contributed by atoms with van der Waals surface area (Å²) in [6.45, 7) is 4.35. The van der Waals surface area contributed by atoms with Crippen molar-refractivity contribution in [2.75, 3.05) is 27.2 Å². The molecule has 26 heavy (non-hydrogen) atoms. The fourth-order valence-corrected chi connectivity index (χ4v) is 3.50. The van der Waals surface area contributed by atoms with Gasteiger partial charge in [-0.3, -0.25) is 9.59 Å². The van der Waals surface area contributed by atoms with Gasteiger partial charge in [0.15, 0.2) is 0 Å². The Hall–Kier alpha value is -1.88. The molecule has 1 saturated carbocycles. The van der Waals surface area contributed by atoms with Crippen molar-refractivity contribution in [2.24, 2.45) is 11.8 Å². The monoisotopic (exact) mass is 359 g/mol. The SMILES string of the molecule is Cc1ccccc1CNC(=O)C1CCC(C(=O)NCCCN(C)C)CC1. The van der Waals surface area contributed by atoms with Crippen LogP contribution in [0.5, 0.6) is 0 Å². The molecule has 0 radical (unpaired) electrons. The number of nitrogens with zero attached hydrogens (tertiary/aromatic N) is 1. The largest absolute Gasteiger partial charge is 0.356 e. The molecule has 2 amide bonds. The predicted molar refractivity (Wildman–Crippen MR) is 105 cm³/mol. The van der Waals surface area contributed by atoms with Crippen LogP contribution in [0.2, 0.25) is 0 Å². The summed E-state index contributed by atoms with van der Waals surface area (Å²) in [5, 5.41) is 6.10. The van der Waals surface area contributed by atoms with E-state index in [2.05, 4.69) is 28.5 Å². The van der Waals surface area contributed by atoms with E-state index < -0.39 is 0 Å². The van der Waals surface area contributed by atoms with Crippen molar-refractivity contribution in [2.45, 2.75) is 45.6 Å². The molecule has 0 spiro atoms. The van der Waals surface area contributed by atoms with E-state index in [1.165, 1.54) is 5.56 Å². The van der Waals surface area contributed by atoms with E-state index in [9.17, 15) is 9.59 Å². The molecule has 5 heteroatoms. The number of hydrogen-bond acceptors (Lipinski definition) is 3. The molecule has 2 N–H and O–H groups in total. The van der Waals surface area contributed by atoms with E-state index in [4.69, 9.17) is 0 Å². The maximum absolute atomic E-state index is 12.4. The quantitative estimate of drug-likeness (QED) is 0.701. The lowest BCUT2D eigenvalue weighted by Gasteiger charge is -2.27. The molecule has 0 heterocycles. The minimum Gasteiger partial charge on any atom is -0.356 e. The second-order valence-corrected chi connectivity index (χ2v) is 7.64. The Labute approximate surface area is 157 Å². The number of hydrogen-bond donors (Lipinski definition) is 2. The average Bonchev–Trinajstić information content (AvgIpc) is 2.64. The van der Waals surface area contributed by atoms with E-state index in [-0.39, 0.29) is 23.7 Å². The Morgan fingerprint density at radius 1 is 1.00 bits per heavy atom. The molecule has 1 aromatic rings. The van der Waals surface area contributed by atoms with Gasteiger partial charge >= 0.3 is 0 Å². The molecule has 0 bridgehead atoms.